The van der Waals surface area contributed by atoms with Gasteiger partial charge in [0.05, 0.1) is 5.69 Å². The van der Waals surface area contributed by atoms with Crippen LogP contribution in [0.4, 0.5) is 4.39 Å². The van der Waals surface area contributed by atoms with E-state index in [4.69, 9.17) is 16.3 Å². The number of carbonyl (C=O) groups is 2. The number of imidazole rings is 1. The Bertz CT molecular complexity index is 996. The summed E-state index contributed by atoms with van der Waals surface area (Å²) in [6, 6.07) is 10.5. The average molecular weight is 373 g/mol. The SMILES string of the molecule is C[C@H](OC(=O)/C=C/c1c(Cl)nc2ccccn12)C(=O)c1ccc(F)cc1. The minimum Gasteiger partial charge on any atom is -0.451 e. The molecule has 0 N–H and O–H groups in total. The number of pyridine rings is 1. The van der Waals surface area contributed by atoms with Gasteiger partial charge in [-0.15, -0.1) is 0 Å². The van der Waals surface area contributed by atoms with Crippen molar-refractivity contribution in [1.29, 1.82) is 0 Å². The van der Waals surface area contributed by atoms with Crippen LogP contribution in [0.3, 0.4) is 0 Å². The number of esters is 1. The molecule has 0 spiro atoms. The van der Waals surface area contributed by atoms with Crippen LogP contribution in [0.1, 0.15) is 23.0 Å². The lowest BCUT2D eigenvalue weighted by Crippen LogP contribution is -2.23. The van der Waals surface area contributed by atoms with Crippen molar-refractivity contribution in [3.8, 4) is 0 Å². The van der Waals surface area contributed by atoms with Gasteiger partial charge >= 0.3 is 5.97 Å². The number of halogens is 2. The van der Waals surface area contributed by atoms with Gasteiger partial charge in [0.2, 0.25) is 5.78 Å². The van der Waals surface area contributed by atoms with E-state index in [0.29, 0.717) is 11.3 Å². The van der Waals surface area contributed by atoms with E-state index in [1.807, 2.05) is 12.1 Å². The Morgan fingerprint density at radius 1 is 1.23 bits per heavy atom. The van der Waals surface area contributed by atoms with E-state index in [1.165, 1.54) is 43.3 Å². The topological polar surface area (TPSA) is 60.7 Å². The molecule has 1 atom stereocenters. The summed E-state index contributed by atoms with van der Waals surface area (Å²) in [6.07, 6.45) is 3.41. The summed E-state index contributed by atoms with van der Waals surface area (Å²) < 4.78 is 19.7. The Hall–Kier alpha value is -2.99. The molecule has 26 heavy (non-hydrogen) atoms. The van der Waals surface area contributed by atoms with Crippen LogP contribution >= 0.6 is 11.6 Å². The van der Waals surface area contributed by atoms with Crippen LogP contribution in [0, 0.1) is 5.82 Å². The van der Waals surface area contributed by atoms with Crippen molar-refractivity contribution >= 4 is 35.1 Å². The molecule has 0 fully saturated rings. The highest BCUT2D eigenvalue weighted by molar-refractivity contribution is 6.31. The lowest BCUT2D eigenvalue weighted by atomic mass is 10.1. The van der Waals surface area contributed by atoms with Crippen molar-refractivity contribution < 1.29 is 18.7 Å². The maximum Gasteiger partial charge on any atom is 0.331 e. The maximum atomic E-state index is 12.9. The Morgan fingerprint density at radius 2 is 1.96 bits per heavy atom. The summed E-state index contributed by atoms with van der Waals surface area (Å²) in [5.41, 5.74) is 1.43. The highest BCUT2D eigenvalue weighted by Crippen LogP contribution is 2.19. The van der Waals surface area contributed by atoms with Crippen molar-refractivity contribution in [1.82, 2.24) is 9.38 Å². The molecule has 7 heteroatoms. The van der Waals surface area contributed by atoms with E-state index in [9.17, 15) is 14.0 Å². The van der Waals surface area contributed by atoms with Gasteiger partial charge in [-0.25, -0.2) is 14.2 Å². The fourth-order valence-corrected chi connectivity index (χ4v) is 2.64. The number of carbonyl (C=O) groups excluding carboxylic acids is 2. The zero-order chi connectivity index (χ0) is 18.7. The Balaban J connectivity index is 1.69. The van der Waals surface area contributed by atoms with Gasteiger partial charge in [0.15, 0.2) is 11.3 Å². The van der Waals surface area contributed by atoms with E-state index in [1.54, 1.807) is 16.7 Å². The summed E-state index contributed by atoms with van der Waals surface area (Å²) in [4.78, 5) is 28.4. The van der Waals surface area contributed by atoms with Crippen molar-refractivity contribution in [2.24, 2.45) is 0 Å². The lowest BCUT2D eigenvalue weighted by molar-refractivity contribution is -0.140. The standard InChI is InChI=1S/C19H14ClFN2O3/c1-12(18(25)13-5-7-14(21)8-6-13)26-17(24)10-9-15-19(20)22-16-4-2-3-11-23(15)16/h2-12H,1H3/b10-9+/t12-/m0/s1. The Labute approximate surface area is 153 Å². The molecule has 0 aliphatic rings. The second kappa shape index (κ2) is 7.49. The van der Waals surface area contributed by atoms with Gasteiger partial charge in [0.1, 0.15) is 11.5 Å². The molecule has 2 heterocycles. The number of fused-ring (bicyclic) bond motifs is 1. The summed E-state index contributed by atoms with van der Waals surface area (Å²) >= 11 is 6.08. The molecule has 0 amide bonds. The second-order valence-corrected chi connectivity index (χ2v) is 5.86. The molecule has 5 nitrogen and oxygen atoms in total. The predicted octanol–water partition coefficient (Wildman–Crippen LogP) is 3.95. The van der Waals surface area contributed by atoms with Gasteiger partial charge in [-0.2, -0.15) is 0 Å². The van der Waals surface area contributed by atoms with Gasteiger partial charge in [-0.3, -0.25) is 9.20 Å². The number of ketones is 1. The molecule has 0 radical (unpaired) electrons. The number of nitrogens with zero attached hydrogens (tertiary/aromatic N) is 2. The Kier molecular flexibility index (Phi) is 5.14. The third-order valence-electron chi connectivity index (χ3n) is 3.69. The Morgan fingerprint density at radius 3 is 2.69 bits per heavy atom. The van der Waals surface area contributed by atoms with E-state index in [2.05, 4.69) is 4.98 Å². The zero-order valence-electron chi connectivity index (χ0n) is 13.7. The molecule has 0 saturated heterocycles. The summed E-state index contributed by atoms with van der Waals surface area (Å²) in [7, 11) is 0. The zero-order valence-corrected chi connectivity index (χ0v) is 14.5. The first-order valence-electron chi connectivity index (χ1n) is 7.77. The molecule has 0 saturated carbocycles. The van der Waals surface area contributed by atoms with Gasteiger partial charge in [0.25, 0.3) is 0 Å². The molecular weight excluding hydrogens is 359 g/mol. The lowest BCUT2D eigenvalue weighted by Gasteiger charge is -2.10. The number of benzene rings is 1. The second-order valence-electron chi connectivity index (χ2n) is 5.50. The molecule has 3 aromatic rings. The van der Waals surface area contributed by atoms with E-state index in [-0.39, 0.29) is 10.7 Å². The van der Waals surface area contributed by atoms with Crippen LogP contribution in [0.5, 0.6) is 0 Å². The minimum absolute atomic E-state index is 0.246. The number of hydrogen-bond acceptors (Lipinski definition) is 4. The average Bonchev–Trinajstić information content (AvgIpc) is 2.95. The number of aromatic nitrogens is 2. The van der Waals surface area contributed by atoms with Gasteiger partial charge in [-0.1, -0.05) is 17.7 Å². The summed E-state index contributed by atoms with van der Waals surface area (Å²) in [6.45, 7) is 1.46. The van der Waals surface area contributed by atoms with Crippen molar-refractivity contribution in [3.63, 3.8) is 0 Å². The van der Waals surface area contributed by atoms with Crippen molar-refractivity contribution in [2.75, 3.05) is 0 Å². The molecule has 2 aromatic heterocycles. The molecule has 0 aliphatic heterocycles. The summed E-state index contributed by atoms with van der Waals surface area (Å²) in [5, 5.41) is 0.246. The molecule has 0 unspecified atom stereocenters. The number of Topliss-reactive ketones (excluding diaryl/α,β-unsaturated/α-hetero) is 1. The summed E-state index contributed by atoms with van der Waals surface area (Å²) in [5.74, 6) is -1.56. The van der Waals surface area contributed by atoms with Crippen LogP contribution in [0.25, 0.3) is 11.7 Å². The third-order valence-corrected chi connectivity index (χ3v) is 3.97. The largest absolute Gasteiger partial charge is 0.451 e. The fourth-order valence-electron chi connectivity index (χ4n) is 2.40. The van der Waals surface area contributed by atoms with Crippen LogP contribution in [0.2, 0.25) is 5.15 Å². The monoisotopic (exact) mass is 372 g/mol. The van der Waals surface area contributed by atoms with Crippen LogP contribution in [-0.2, 0) is 9.53 Å². The minimum atomic E-state index is -1.00. The molecule has 3 rings (SSSR count). The molecule has 0 aliphatic carbocycles. The van der Waals surface area contributed by atoms with Gasteiger partial charge < -0.3 is 4.74 Å². The molecule has 1 aromatic carbocycles. The molecule has 0 bridgehead atoms. The highest BCUT2D eigenvalue weighted by Gasteiger charge is 2.18. The van der Waals surface area contributed by atoms with E-state index >= 15 is 0 Å². The molecular formula is C19H14ClFN2O3. The van der Waals surface area contributed by atoms with Crippen LogP contribution in [-0.4, -0.2) is 27.2 Å². The smallest absolute Gasteiger partial charge is 0.331 e. The van der Waals surface area contributed by atoms with Crippen LogP contribution < -0.4 is 0 Å². The third kappa shape index (κ3) is 3.81. The highest BCUT2D eigenvalue weighted by atomic mass is 35.5. The quantitative estimate of drug-likeness (QED) is 0.386. The van der Waals surface area contributed by atoms with Gasteiger partial charge in [-0.05, 0) is 49.4 Å². The van der Waals surface area contributed by atoms with E-state index in [0.717, 1.165) is 0 Å². The van der Waals surface area contributed by atoms with Gasteiger partial charge in [0, 0.05) is 17.8 Å². The van der Waals surface area contributed by atoms with E-state index < -0.39 is 23.7 Å². The normalized spacial score (nSPS) is 12.4. The van der Waals surface area contributed by atoms with Crippen LogP contribution in [0.15, 0.2) is 54.7 Å². The first kappa shape index (κ1) is 17.8. The van der Waals surface area contributed by atoms with Crippen molar-refractivity contribution in [3.05, 3.63) is 77.0 Å². The van der Waals surface area contributed by atoms with Crippen molar-refractivity contribution in [2.45, 2.75) is 13.0 Å². The fraction of sp³-hybridized carbons (Fsp3) is 0.105. The number of rotatable bonds is 5. The number of ether oxygens (including phenoxy) is 1. The first-order chi connectivity index (χ1) is 12.5. The molecule has 132 valence electrons. The maximum absolute atomic E-state index is 12.9. The number of hydrogen-bond donors (Lipinski definition) is 0. The first-order valence-corrected chi connectivity index (χ1v) is 8.14. The predicted molar refractivity (Wildman–Crippen MR) is 95.5 cm³/mol.